The lowest BCUT2D eigenvalue weighted by atomic mass is 10.0. The van der Waals surface area contributed by atoms with Crippen LogP contribution in [0.3, 0.4) is 0 Å². The third-order valence-electron chi connectivity index (χ3n) is 6.21. The van der Waals surface area contributed by atoms with E-state index in [2.05, 4.69) is 27.2 Å². The van der Waals surface area contributed by atoms with Crippen LogP contribution in [0.4, 0.5) is 0 Å². The van der Waals surface area contributed by atoms with Crippen molar-refractivity contribution in [3.8, 4) is 0 Å². The first-order chi connectivity index (χ1) is 13.1. The van der Waals surface area contributed by atoms with Crippen molar-refractivity contribution < 1.29 is 9.53 Å². The lowest BCUT2D eigenvalue weighted by Crippen LogP contribution is -2.44. The minimum atomic E-state index is -0.546. The standard InChI is InChI=1S/C21H26N4O2/c1-21(2,24-19(26)17-14-11-22-12-15(14)17)20-23-18(13-6-9-27-10-7-13)16-5-3-4-8-25(16)20/h3-6,8,14-15,17,22H,7,9-12H2,1-2H3,(H,24,26)/t14-,15+,17+. The molecule has 142 valence electrons. The maximum atomic E-state index is 12.8. The number of aromatic nitrogens is 2. The molecule has 1 saturated heterocycles. The number of piperidine rings is 1. The van der Waals surface area contributed by atoms with Crippen LogP contribution in [0.5, 0.6) is 0 Å². The van der Waals surface area contributed by atoms with Gasteiger partial charge < -0.3 is 19.8 Å². The Morgan fingerprint density at radius 1 is 1.33 bits per heavy atom. The zero-order valence-electron chi connectivity index (χ0n) is 15.9. The SMILES string of the molecule is CC(C)(NC(=O)[C@H]1[C@@H]2CNC[C@@H]21)c1nc(C2=CCOCC2)c2ccccn12. The van der Waals surface area contributed by atoms with Crippen LogP contribution in [0, 0.1) is 17.8 Å². The van der Waals surface area contributed by atoms with Crippen molar-refractivity contribution in [3.63, 3.8) is 0 Å². The van der Waals surface area contributed by atoms with Crippen LogP contribution in [-0.2, 0) is 15.1 Å². The molecule has 1 aliphatic carbocycles. The fourth-order valence-electron chi connectivity index (χ4n) is 4.71. The number of ether oxygens (including phenoxy) is 1. The van der Waals surface area contributed by atoms with E-state index in [0.717, 1.165) is 43.2 Å². The first-order valence-corrected chi connectivity index (χ1v) is 9.84. The molecule has 0 bridgehead atoms. The number of amides is 1. The molecular formula is C21H26N4O2. The molecular weight excluding hydrogens is 340 g/mol. The molecule has 2 fully saturated rings. The summed E-state index contributed by atoms with van der Waals surface area (Å²) in [5.74, 6) is 2.23. The Labute approximate surface area is 159 Å². The summed E-state index contributed by atoms with van der Waals surface area (Å²) < 4.78 is 7.57. The smallest absolute Gasteiger partial charge is 0.224 e. The van der Waals surface area contributed by atoms with Crippen molar-refractivity contribution in [1.82, 2.24) is 20.0 Å². The van der Waals surface area contributed by atoms with E-state index in [1.807, 2.05) is 32.2 Å². The number of hydrogen-bond donors (Lipinski definition) is 2. The molecule has 0 unspecified atom stereocenters. The monoisotopic (exact) mass is 366 g/mol. The molecule has 0 spiro atoms. The van der Waals surface area contributed by atoms with Crippen LogP contribution in [0.2, 0.25) is 0 Å². The van der Waals surface area contributed by atoms with Gasteiger partial charge >= 0.3 is 0 Å². The summed E-state index contributed by atoms with van der Waals surface area (Å²) in [7, 11) is 0. The van der Waals surface area contributed by atoms with Crippen molar-refractivity contribution in [3.05, 3.63) is 42.0 Å². The molecule has 2 aromatic rings. The Morgan fingerprint density at radius 3 is 2.89 bits per heavy atom. The van der Waals surface area contributed by atoms with Gasteiger partial charge in [-0.25, -0.2) is 4.98 Å². The van der Waals surface area contributed by atoms with E-state index in [4.69, 9.17) is 9.72 Å². The first kappa shape index (κ1) is 17.0. The van der Waals surface area contributed by atoms with E-state index in [1.165, 1.54) is 5.57 Å². The van der Waals surface area contributed by atoms with Gasteiger partial charge in [-0.1, -0.05) is 12.1 Å². The topological polar surface area (TPSA) is 67.7 Å². The van der Waals surface area contributed by atoms with Gasteiger partial charge in [-0.05, 0) is 62.9 Å². The number of carbonyl (C=O) groups is 1. The Balaban J connectivity index is 1.48. The summed E-state index contributed by atoms with van der Waals surface area (Å²) in [5, 5.41) is 6.63. The fraction of sp³-hybridized carbons (Fsp3) is 0.524. The number of pyridine rings is 1. The molecule has 27 heavy (non-hydrogen) atoms. The van der Waals surface area contributed by atoms with Crippen LogP contribution in [0.15, 0.2) is 30.5 Å². The van der Waals surface area contributed by atoms with Crippen molar-refractivity contribution >= 4 is 17.0 Å². The quantitative estimate of drug-likeness (QED) is 0.868. The summed E-state index contributed by atoms with van der Waals surface area (Å²) in [6.45, 7) is 7.39. The summed E-state index contributed by atoms with van der Waals surface area (Å²) in [6.07, 6.45) is 5.02. The highest BCUT2D eigenvalue weighted by atomic mass is 16.5. The minimum Gasteiger partial charge on any atom is -0.377 e. The highest BCUT2D eigenvalue weighted by Gasteiger charge is 2.57. The maximum Gasteiger partial charge on any atom is 0.224 e. The van der Waals surface area contributed by atoms with Crippen LogP contribution in [-0.4, -0.2) is 41.6 Å². The molecule has 0 radical (unpaired) electrons. The van der Waals surface area contributed by atoms with E-state index in [0.29, 0.717) is 18.4 Å². The average Bonchev–Trinajstić information content (AvgIpc) is 3.01. The van der Waals surface area contributed by atoms with Crippen LogP contribution >= 0.6 is 0 Å². The second-order valence-corrected chi connectivity index (χ2v) is 8.42. The van der Waals surface area contributed by atoms with Gasteiger partial charge in [-0.15, -0.1) is 0 Å². The number of hydrogen-bond acceptors (Lipinski definition) is 4. The number of carbonyl (C=O) groups excluding carboxylic acids is 1. The highest BCUT2D eigenvalue weighted by molar-refractivity contribution is 5.83. The molecule has 4 heterocycles. The Kier molecular flexibility index (Phi) is 3.88. The average molecular weight is 366 g/mol. The van der Waals surface area contributed by atoms with Gasteiger partial charge in [-0.3, -0.25) is 4.79 Å². The van der Waals surface area contributed by atoms with E-state index in [9.17, 15) is 4.79 Å². The third kappa shape index (κ3) is 2.78. The normalized spacial score (nSPS) is 27.3. The highest BCUT2D eigenvalue weighted by Crippen LogP contribution is 2.49. The van der Waals surface area contributed by atoms with E-state index in [1.54, 1.807) is 0 Å². The molecule has 5 rings (SSSR count). The predicted molar refractivity (Wildman–Crippen MR) is 103 cm³/mol. The lowest BCUT2D eigenvalue weighted by molar-refractivity contribution is -0.124. The minimum absolute atomic E-state index is 0.162. The maximum absolute atomic E-state index is 12.8. The Morgan fingerprint density at radius 2 is 2.15 bits per heavy atom. The number of nitrogens with zero attached hydrogens (tertiary/aromatic N) is 2. The molecule has 3 aliphatic rings. The molecule has 2 N–H and O–H groups in total. The molecule has 1 saturated carbocycles. The van der Waals surface area contributed by atoms with Crippen LogP contribution in [0.25, 0.3) is 11.1 Å². The molecule has 0 aromatic carbocycles. The van der Waals surface area contributed by atoms with Crippen molar-refractivity contribution in [1.29, 1.82) is 0 Å². The van der Waals surface area contributed by atoms with Gasteiger partial charge in [0.2, 0.25) is 5.91 Å². The summed E-state index contributed by atoms with van der Waals surface area (Å²) in [5.41, 5.74) is 2.76. The zero-order chi connectivity index (χ0) is 18.6. The van der Waals surface area contributed by atoms with Gasteiger partial charge in [0.05, 0.1) is 30.0 Å². The van der Waals surface area contributed by atoms with Gasteiger partial charge in [0.25, 0.3) is 0 Å². The van der Waals surface area contributed by atoms with Crippen molar-refractivity contribution in [2.24, 2.45) is 17.8 Å². The molecule has 3 atom stereocenters. The van der Waals surface area contributed by atoms with Crippen molar-refractivity contribution in [2.45, 2.75) is 25.8 Å². The number of imidazole rings is 1. The summed E-state index contributed by atoms with van der Waals surface area (Å²) in [4.78, 5) is 17.9. The fourth-order valence-corrected chi connectivity index (χ4v) is 4.71. The Hall–Kier alpha value is -2.18. The molecule has 2 aromatic heterocycles. The Bertz CT molecular complexity index is 919. The number of fused-ring (bicyclic) bond motifs is 2. The second-order valence-electron chi connectivity index (χ2n) is 8.42. The molecule has 6 nitrogen and oxygen atoms in total. The summed E-state index contributed by atoms with van der Waals surface area (Å²) >= 11 is 0. The second kappa shape index (κ2) is 6.17. The van der Waals surface area contributed by atoms with Crippen molar-refractivity contribution in [2.75, 3.05) is 26.3 Å². The van der Waals surface area contributed by atoms with Gasteiger partial charge in [0.15, 0.2) is 0 Å². The largest absolute Gasteiger partial charge is 0.377 e. The van der Waals surface area contributed by atoms with E-state index < -0.39 is 5.54 Å². The van der Waals surface area contributed by atoms with E-state index in [-0.39, 0.29) is 11.8 Å². The number of nitrogens with one attached hydrogen (secondary N) is 2. The third-order valence-corrected chi connectivity index (χ3v) is 6.21. The molecule has 1 amide bonds. The van der Waals surface area contributed by atoms with Crippen LogP contribution in [0.1, 0.15) is 31.8 Å². The van der Waals surface area contributed by atoms with E-state index >= 15 is 0 Å². The van der Waals surface area contributed by atoms with Gasteiger partial charge in [-0.2, -0.15) is 0 Å². The van der Waals surface area contributed by atoms with Gasteiger partial charge in [0.1, 0.15) is 5.82 Å². The van der Waals surface area contributed by atoms with Crippen LogP contribution < -0.4 is 10.6 Å². The summed E-state index contributed by atoms with van der Waals surface area (Å²) in [6, 6.07) is 6.14. The lowest BCUT2D eigenvalue weighted by Gasteiger charge is -2.25. The number of rotatable bonds is 4. The molecule has 6 heteroatoms. The predicted octanol–water partition coefficient (Wildman–Crippen LogP) is 1.95. The van der Waals surface area contributed by atoms with Gasteiger partial charge in [0, 0.05) is 12.1 Å². The zero-order valence-corrected chi connectivity index (χ0v) is 15.9. The first-order valence-electron chi connectivity index (χ1n) is 9.84. The molecule has 2 aliphatic heterocycles.